The lowest BCUT2D eigenvalue weighted by Gasteiger charge is -2.22. The average Bonchev–Trinajstić information content (AvgIpc) is 3.32. The maximum absolute atomic E-state index is 13.2. The van der Waals surface area contributed by atoms with Crippen LogP contribution in [0.2, 0.25) is 5.15 Å². The minimum atomic E-state index is -2.67. The first-order chi connectivity index (χ1) is 16.3. The molecular weight excluding hydrogens is 489 g/mol. The van der Waals surface area contributed by atoms with Gasteiger partial charge in [0.2, 0.25) is 5.91 Å². The third-order valence-corrected chi connectivity index (χ3v) is 7.09. The van der Waals surface area contributed by atoms with E-state index in [9.17, 15) is 22.2 Å². The number of halogens is 4. The van der Waals surface area contributed by atoms with Gasteiger partial charge < -0.3 is 5.32 Å². The fourth-order valence-corrected chi connectivity index (χ4v) is 5.28. The van der Waals surface area contributed by atoms with E-state index in [2.05, 4.69) is 15.3 Å². The summed E-state index contributed by atoms with van der Waals surface area (Å²) in [5, 5.41) is 3.02. The number of alkyl halides is 2. The first-order valence-corrected chi connectivity index (χ1v) is 11.9. The van der Waals surface area contributed by atoms with Crippen molar-refractivity contribution in [1.82, 2.24) is 19.6 Å². The van der Waals surface area contributed by atoms with Crippen LogP contribution in [-0.4, -0.2) is 37.0 Å². The molecule has 1 saturated heterocycles. The minimum Gasteiger partial charge on any atom is -0.351 e. The Morgan fingerprint density at radius 1 is 1.21 bits per heavy atom. The zero-order valence-corrected chi connectivity index (χ0v) is 19.3. The van der Waals surface area contributed by atoms with E-state index in [-0.39, 0.29) is 23.3 Å². The summed E-state index contributed by atoms with van der Waals surface area (Å²) in [5.41, 5.74) is 1.27. The number of nitrogens with one attached hydrogen (secondary N) is 1. The fourth-order valence-electron chi connectivity index (χ4n) is 3.68. The van der Waals surface area contributed by atoms with Gasteiger partial charge in [-0.1, -0.05) is 11.6 Å². The smallest absolute Gasteiger partial charge is 0.280 e. The molecule has 1 aliphatic heterocycles. The maximum atomic E-state index is 13.2. The fraction of sp³-hybridized carbons (Fsp3) is 0.261. The van der Waals surface area contributed by atoms with E-state index in [4.69, 9.17) is 11.6 Å². The van der Waals surface area contributed by atoms with Crippen LogP contribution in [-0.2, 0) is 22.3 Å². The van der Waals surface area contributed by atoms with Crippen molar-refractivity contribution < 1.29 is 22.2 Å². The van der Waals surface area contributed by atoms with E-state index in [1.165, 1.54) is 42.6 Å². The molecule has 4 rings (SSSR count). The van der Waals surface area contributed by atoms with Crippen molar-refractivity contribution in [1.29, 1.82) is 0 Å². The van der Waals surface area contributed by atoms with Crippen molar-refractivity contribution in [3.63, 3.8) is 0 Å². The number of hydrogen-bond acceptors (Lipinski definition) is 4. The normalized spacial score (nSPS) is 17.1. The molecular formula is C23H20ClF3N4O2S. The van der Waals surface area contributed by atoms with Gasteiger partial charge in [0.05, 0.1) is 10.6 Å². The predicted octanol–water partition coefficient (Wildman–Crippen LogP) is 4.68. The number of carbonyl (C=O) groups excluding carboxylic acids is 1. The van der Waals surface area contributed by atoms with Gasteiger partial charge in [0, 0.05) is 24.8 Å². The van der Waals surface area contributed by atoms with Crippen LogP contribution < -0.4 is 5.32 Å². The molecule has 0 aliphatic carbocycles. The molecule has 6 nitrogen and oxygen atoms in total. The van der Waals surface area contributed by atoms with E-state index in [1.54, 1.807) is 16.4 Å². The molecule has 1 N–H and O–H groups in total. The highest BCUT2D eigenvalue weighted by Gasteiger charge is 2.34. The largest absolute Gasteiger partial charge is 0.351 e. The standard InChI is InChI=1S/C23H20ClF3N4O2S/c24-21-11-14(10-19(30-21)15-3-8-18(22(26)27)28-13-15)12-29-23(32)20-2-1-9-31(20)34(33)17-6-4-16(25)5-7-17/h3-8,10-11,13,20,22H,1-2,9,12H2,(H,29,32). The molecule has 0 spiro atoms. The molecule has 3 heterocycles. The molecule has 11 heteroatoms. The number of nitrogens with zero attached hydrogens (tertiary/aromatic N) is 3. The second-order valence-electron chi connectivity index (χ2n) is 7.68. The molecule has 1 aromatic carbocycles. The second kappa shape index (κ2) is 10.6. The molecule has 2 aromatic heterocycles. The molecule has 0 radical (unpaired) electrons. The first-order valence-electron chi connectivity index (χ1n) is 10.4. The summed E-state index contributed by atoms with van der Waals surface area (Å²) in [6.07, 6.45) is -0.121. The Morgan fingerprint density at radius 2 is 1.97 bits per heavy atom. The highest BCUT2D eigenvalue weighted by molar-refractivity contribution is 7.82. The van der Waals surface area contributed by atoms with Crippen molar-refractivity contribution in [3.8, 4) is 11.3 Å². The SMILES string of the molecule is O=C(NCc1cc(Cl)nc(-c2ccc(C(F)F)nc2)c1)C1CCCN1S(=O)c1ccc(F)cc1. The van der Waals surface area contributed by atoms with Gasteiger partial charge in [-0.25, -0.2) is 26.7 Å². The quantitative estimate of drug-likeness (QED) is 0.470. The lowest BCUT2D eigenvalue weighted by atomic mass is 10.1. The summed E-state index contributed by atoms with van der Waals surface area (Å²) in [6, 6.07) is 10.8. The third-order valence-electron chi connectivity index (χ3n) is 5.36. The van der Waals surface area contributed by atoms with E-state index in [1.807, 2.05) is 0 Å². The molecule has 0 bridgehead atoms. The summed E-state index contributed by atoms with van der Waals surface area (Å²) in [4.78, 5) is 21.3. The van der Waals surface area contributed by atoms with Crippen LogP contribution in [0.25, 0.3) is 11.3 Å². The maximum Gasteiger partial charge on any atom is 0.280 e. The number of carbonyl (C=O) groups is 1. The van der Waals surface area contributed by atoms with E-state index >= 15 is 0 Å². The van der Waals surface area contributed by atoms with Gasteiger partial charge in [-0.15, -0.1) is 0 Å². The lowest BCUT2D eigenvalue weighted by Crippen LogP contribution is -2.43. The monoisotopic (exact) mass is 508 g/mol. The number of hydrogen-bond donors (Lipinski definition) is 1. The van der Waals surface area contributed by atoms with Gasteiger partial charge in [0.15, 0.2) is 0 Å². The van der Waals surface area contributed by atoms with E-state index in [0.717, 1.165) is 0 Å². The molecule has 2 atom stereocenters. The lowest BCUT2D eigenvalue weighted by molar-refractivity contribution is -0.124. The summed E-state index contributed by atoms with van der Waals surface area (Å²) in [7, 11) is -1.59. The van der Waals surface area contributed by atoms with Crippen LogP contribution in [0.1, 0.15) is 30.5 Å². The Hall–Kier alpha value is -2.82. The minimum absolute atomic E-state index is 0.143. The van der Waals surface area contributed by atoms with Gasteiger partial charge >= 0.3 is 0 Å². The Kier molecular flexibility index (Phi) is 7.60. The first kappa shape index (κ1) is 24.3. The van der Waals surface area contributed by atoms with Crippen LogP contribution in [0.4, 0.5) is 13.2 Å². The average molecular weight is 509 g/mol. The van der Waals surface area contributed by atoms with Crippen LogP contribution in [0.15, 0.2) is 59.6 Å². The number of aromatic nitrogens is 2. The molecule has 1 fully saturated rings. The Labute approximate surface area is 201 Å². The highest BCUT2D eigenvalue weighted by Crippen LogP contribution is 2.25. The Balaban J connectivity index is 1.44. The summed E-state index contributed by atoms with van der Waals surface area (Å²) >= 11 is 6.13. The number of pyridine rings is 2. The number of rotatable bonds is 7. The van der Waals surface area contributed by atoms with Crippen molar-refractivity contribution in [2.24, 2.45) is 0 Å². The molecule has 1 aliphatic rings. The summed E-state index contributed by atoms with van der Waals surface area (Å²) in [5.74, 6) is -0.710. The zero-order chi connectivity index (χ0) is 24.2. The number of benzene rings is 1. The molecule has 3 aromatic rings. The van der Waals surface area contributed by atoms with E-state index < -0.39 is 29.3 Å². The zero-order valence-electron chi connectivity index (χ0n) is 17.8. The Morgan fingerprint density at radius 3 is 2.65 bits per heavy atom. The topological polar surface area (TPSA) is 75.2 Å². The van der Waals surface area contributed by atoms with E-state index in [0.29, 0.717) is 41.1 Å². The van der Waals surface area contributed by atoms with Gasteiger partial charge in [-0.05, 0) is 66.9 Å². The van der Waals surface area contributed by atoms with Gasteiger partial charge in [0.25, 0.3) is 6.43 Å². The number of amides is 1. The van der Waals surface area contributed by atoms with Crippen molar-refractivity contribution in [2.75, 3.05) is 6.54 Å². The molecule has 1 amide bonds. The van der Waals surface area contributed by atoms with Crippen molar-refractivity contribution in [2.45, 2.75) is 36.7 Å². The van der Waals surface area contributed by atoms with Crippen LogP contribution >= 0.6 is 11.6 Å². The molecule has 34 heavy (non-hydrogen) atoms. The highest BCUT2D eigenvalue weighted by atomic mass is 35.5. The third kappa shape index (κ3) is 5.63. The molecule has 2 unspecified atom stereocenters. The van der Waals surface area contributed by atoms with Gasteiger partial charge in [-0.2, -0.15) is 0 Å². The van der Waals surface area contributed by atoms with Crippen molar-refractivity contribution in [3.05, 3.63) is 77.0 Å². The predicted molar refractivity (Wildman–Crippen MR) is 122 cm³/mol. The molecule has 0 saturated carbocycles. The van der Waals surface area contributed by atoms with Crippen molar-refractivity contribution >= 4 is 28.5 Å². The van der Waals surface area contributed by atoms with Crippen LogP contribution in [0, 0.1) is 5.82 Å². The van der Waals surface area contributed by atoms with Gasteiger partial charge in [-0.3, -0.25) is 9.78 Å². The second-order valence-corrected chi connectivity index (χ2v) is 9.50. The van der Waals surface area contributed by atoms with Gasteiger partial charge in [0.1, 0.15) is 33.7 Å². The summed E-state index contributed by atoms with van der Waals surface area (Å²) < 4.78 is 53.2. The molecule has 178 valence electrons. The Bertz CT molecular complexity index is 1200. The van der Waals surface area contributed by atoms with Crippen LogP contribution in [0.3, 0.4) is 0 Å². The summed E-state index contributed by atoms with van der Waals surface area (Å²) in [6.45, 7) is 0.624. The van der Waals surface area contributed by atoms with Crippen LogP contribution in [0.5, 0.6) is 0 Å².